The van der Waals surface area contributed by atoms with E-state index >= 15 is 0 Å². The number of rotatable bonds is 39. The number of unbranched alkanes of at least 4 members (excludes halogenated alkanes) is 3. The van der Waals surface area contributed by atoms with Crippen LogP contribution in [-0.2, 0) is 19.2 Å². The second-order valence-corrected chi connectivity index (χ2v) is 35.6. The van der Waals surface area contributed by atoms with Crippen LogP contribution in [0.25, 0.3) is 33.9 Å². The van der Waals surface area contributed by atoms with Crippen LogP contribution in [0.15, 0.2) is 166 Å². The van der Waals surface area contributed by atoms with Crippen molar-refractivity contribution in [2.75, 3.05) is 26.4 Å². The number of hydrogen-bond acceptors (Lipinski definition) is 9. The van der Waals surface area contributed by atoms with Gasteiger partial charge in [0.2, 0.25) is 0 Å². The molecule has 8 rings (SSSR count). The Bertz CT molecular complexity index is 4560. The van der Waals surface area contributed by atoms with E-state index < -0.39 is 23.9 Å². The van der Waals surface area contributed by atoms with Gasteiger partial charge in [0, 0.05) is 57.0 Å². The SMILES string of the molecule is CCCCCOc1c(C2=C(/C=C/C(C)=C/C(=O)O)CCC2)cc(C(C)C)cc1C(C)C.CCCCOc1c(C2=C(/C=C/C(C)=C/C(=O)O)CCC2)cc(C(C)C)cc1C(C)C.CCCOc1c(-c2ccsc2/C=C/C(C)=C/C(=O)O)cc(C(C)C)cc1C(C)C.CCCOc1c(C2=C(/C=C/C(C)=C/C(=O)O)CCC2)cc(C(C)C)cc1C(C)C. The minimum absolute atomic E-state index is 0.359. The van der Waals surface area contributed by atoms with Crippen molar-refractivity contribution in [3.8, 4) is 34.1 Å². The van der Waals surface area contributed by atoms with E-state index in [9.17, 15) is 19.2 Å². The van der Waals surface area contributed by atoms with Crippen molar-refractivity contribution in [3.63, 3.8) is 0 Å². The third-order valence-corrected chi connectivity index (χ3v) is 22.5. The van der Waals surface area contributed by atoms with Crippen LogP contribution >= 0.6 is 11.3 Å². The van der Waals surface area contributed by atoms with E-state index in [4.69, 9.17) is 39.4 Å². The molecular weight excluding hydrogens is 1500 g/mol. The van der Waals surface area contributed by atoms with E-state index in [1.807, 2.05) is 51.2 Å². The third-order valence-electron chi connectivity index (χ3n) is 21.6. The maximum Gasteiger partial charge on any atom is 0.328 e. The summed E-state index contributed by atoms with van der Waals surface area (Å²) in [5.41, 5.74) is 27.3. The Balaban J connectivity index is 0.000000283. The van der Waals surface area contributed by atoms with Gasteiger partial charge in [0.15, 0.2) is 0 Å². The monoisotopic (exact) mass is 1640 g/mol. The molecule has 119 heavy (non-hydrogen) atoms. The van der Waals surface area contributed by atoms with Crippen LogP contribution in [0.1, 0.15) is 382 Å². The molecule has 0 spiro atoms. The first-order chi connectivity index (χ1) is 56.5. The predicted molar refractivity (Wildman–Crippen MR) is 503 cm³/mol. The molecule has 1 heterocycles. The van der Waals surface area contributed by atoms with Crippen LogP contribution in [0.3, 0.4) is 0 Å². The van der Waals surface area contributed by atoms with Crippen molar-refractivity contribution >= 4 is 58.0 Å². The lowest BCUT2D eigenvalue weighted by Crippen LogP contribution is -2.06. The number of hydrogen-bond donors (Lipinski definition) is 4. The molecule has 648 valence electrons. The first-order valence-electron chi connectivity index (χ1n) is 44.3. The normalized spacial score (nSPS) is 14.5. The standard InChI is InChI=1S/C28H40O3.C27H38O3.C26H36O3.C25H32O3S/c1-7-8-9-15-31-28-25(20(4)5)17-23(19(2)3)18-26(28)24-12-10-11-22(24)14-13-21(6)16-27(29)30;1-7-8-14-30-27-24(19(4)5)16-22(18(2)3)17-25(27)23-11-9-10-21(23)13-12-20(6)15-26(28)29;1-7-13-29-26-23(18(4)5)15-21(17(2)3)16-24(26)22-10-8-9-20(22)12-11-19(6)14-25(27)28;1-7-11-28-25-21(17(4)5)14-19(16(2)3)15-22(25)20-10-12-29-23(20)9-8-18(6)13-24(26)27/h13-14,16-20H,7-12,15H2,1-6H3,(H,29,30);12-13,15-19H,7-11,14H2,1-6H3,(H,28,29);11-12,14-18H,7-10,13H2,1-6H3,(H,27,28);8-10,12-17H,7,11H2,1-6H3,(H,26,27)/b14-13+,21-16+;13-12+,20-15+;12-11+,19-14+;9-8+,18-13+. The molecule has 0 aliphatic heterocycles. The molecule has 0 radical (unpaired) electrons. The van der Waals surface area contributed by atoms with Crippen LogP contribution in [0, 0.1) is 0 Å². The first-order valence-corrected chi connectivity index (χ1v) is 45.2. The van der Waals surface area contributed by atoms with Gasteiger partial charge < -0.3 is 39.4 Å². The van der Waals surface area contributed by atoms with Gasteiger partial charge >= 0.3 is 23.9 Å². The van der Waals surface area contributed by atoms with Crippen LogP contribution in [-0.4, -0.2) is 70.7 Å². The van der Waals surface area contributed by atoms with Gasteiger partial charge in [-0.1, -0.05) is 225 Å². The van der Waals surface area contributed by atoms with Crippen molar-refractivity contribution < 1.29 is 58.6 Å². The van der Waals surface area contributed by atoms with Gasteiger partial charge in [-0.05, 0) is 301 Å². The number of ether oxygens (including phenoxy) is 4. The second kappa shape index (κ2) is 50.8. The van der Waals surface area contributed by atoms with E-state index in [1.54, 1.807) is 18.3 Å². The van der Waals surface area contributed by atoms with Gasteiger partial charge in [-0.25, -0.2) is 19.2 Å². The molecule has 0 saturated heterocycles. The number of aliphatic carboxylic acids is 4. The Hall–Kier alpha value is -9.20. The molecule has 0 amide bonds. The summed E-state index contributed by atoms with van der Waals surface area (Å²) in [4.78, 5) is 44.8. The van der Waals surface area contributed by atoms with E-state index in [1.165, 1.54) is 132 Å². The van der Waals surface area contributed by atoms with Crippen molar-refractivity contribution in [2.24, 2.45) is 0 Å². The van der Waals surface area contributed by atoms with Gasteiger partial charge in [-0.2, -0.15) is 0 Å². The molecule has 12 nitrogen and oxygen atoms in total. The number of thiophene rings is 1. The molecular formula is C106H146O12S. The smallest absolute Gasteiger partial charge is 0.328 e. The Labute approximate surface area is 720 Å². The molecule has 4 N–H and O–H groups in total. The molecule has 0 bridgehead atoms. The lowest BCUT2D eigenvalue weighted by atomic mass is 9.88. The number of benzene rings is 4. The summed E-state index contributed by atoms with van der Waals surface area (Å²) in [6.07, 6.45) is 37.9. The highest BCUT2D eigenvalue weighted by molar-refractivity contribution is 7.11. The topological polar surface area (TPSA) is 186 Å². The van der Waals surface area contributed by atoms with Crippen LogP contribution in [0.5, 0.6) is 23.0 Å². The Kier molecular flexibility index (Phi) is 42.8. The third kappa shape index (κ3) is 31.7. The molecule has 0 fully saturated rings. The quantitative estimate of drug-likeness (QED) is 0.0166. The number of allylic oxidation sites excluding steroid dienone is 17. The van der Waals surface area contributed by atoms with Gasteiger partial charge in [0.05, 0.1) is 26.4 Å². The highest BCUT2D eigenvalue weighted by Crippen LogP contribution is 2.49. The summed E-state index contributed by atoms with van der Waals surface area (Å²) in [5, 5.41) is 37.9. The zero-order valence-electron chi connectivity index (χ0n) is 76.9. The van der Waals surface area contributed by atoms with E-state index in [2.05, 4.69) is 217 Å². The minimum Gasteiger partial charge on any atom is -0.493 e. The van der Waals surface area contributed by atoms with Crippen molar-refractivity contribution in [1.82, 2.24) is 0 Å². The summed E-state index contributed by atoms with van der Waals surface area (Å²) in [6.45, 7) is 54.5. The molecule has 0 unspecified atom stereocenters. The summed E-state index contributed by atoms with van der Waals surface area (Å²) in [6, 6.07) is 20.6. The predicted octanol–water partition coefficient (Wildman–Crippen LogP) is 30.4. The van der Waals surface area contributed by atoms with Crippen molar-refractivity contribution in [2.45, 2.75) is 316 Å². The highest BCUT2D eigenvalue weighted by Gasteiger charge is 2.28. The Morgan fingerprint density at radius 2 is 0.613 bits per heavy atom. The van der Waals surface area contributed by atoms with Crippen molar-refractivity contribution in [3.05, 3.63) is 232 Å². The largest absolute Gasteiger partial charge is 0.493 e. The molecule has 3 aliphatic carbocycles. The average molecular weight is 1640 g/mol. The summed E-state index contributed by atoms with van der Waals surface area (Å²) >= 11 is 1.65. The Morgan fingerprint density at radius 3 is 0.891 bits per heavy atom. The fourth-order valence-electron chi connectivity index (χ4n) is 14.8. The number of carbonyl (C=O) groups is 4. The lowest BCUT2D eigenvalue weighted by Gasteiger charge is -2.22. The maximum atomic E-state index is 10.9. The Morgan fingerprint density at radius 1 is 0.336 bits per heavy atom. The van der Waals surface area contributed by atoms with E-state index in [-0.39, 0.29) is 0 Å². The van der Waals surface area contributed by atoms with Crippen LogP contribution in [0.4, 0.5) is 0 Å². The maximum absolute atomic E-state index is 10.9. The molecule has 4 aromatic carbocycles. The molecule has 5 aromatic rings. The zero-order chi connectivity index (χ0) is 88.3. The van der Waals surface area contributed by atoms with E-state index in [0.29, 0.717) is 66.1 Å². The first kappa shape index (κ1) is 100. The van der Waals surface area contributed by atoms with Crippen LogP contribution in [0.2, 0.25) is 0 Å². The molecule has 3 aliphatic rings. The number of carboxylic acids is 4. The van der Waals surface area contributed by atoms with Gasteiger partial charge in [0.25, 0.3) is 0 Å². The summed E-state index contributed by atoms with van der Waals surface area (Å²) in [7, 11) is 0. The van der Waals surface area contributed by atoms with Crippen LogP contribution < -0.4 is 18.9 Å². The fraction of sp³-hybridized carbons (Fsp3) is 0.491. The van der Waals surface area contributed by atoms with Gasteiger partial charge in [0.1, 0.15) is 23.0 Å². The van der Waals surface area contributed by atoms with E-state index in [0.717, 1.165) is 159 Å². The van der Waals surface area contributed by atoms with Gasteiger partial charge in [-0.3, -0.25) is 0 Å². The second-order valence-electron chi connectivity index (χ2n) is 34.6. The molecule has 0 atom stereocenters. The van der Waals surface area contributed by atoms with Gasteiger partial charge in [-0.15, -0.1) is 11.3 Å². The zero-order valence-corrected chi connectivity index (χ0v) is 77.7. The highest BCUT2D eigenvalue weighted by atomic mass is 32.1. The average Bonchev–Trinajstić information content (AvgIpc) is 1.78. The lowest BCUT2D eigenvalue weighted by molar-refractivity contribution is -0.132. The molecule has 1 aromatic heterocycles. The summed E-state index contributed by atoms with van der Waals surface area (Å²) < 4.78 is 25.4. The number of carboxylic acid groups (broad SMARTS) is 4. The fourth-order valence-corrected chi connectivity index (χ4v) is 15.6. The van der Waals surface area contributed by atoms with Crippen molar-refractivity contribution in [1.29, 1.82) is 0 Å². The summed E-state index contributed by atoms with van der Waals surface area (Å²) in [5.74, 6) is 3.75. The minimum atomic E-state index is -0.931. The molecule has 13 heteroatoms. The molecule has 0 saturated carbocycles.